The first-order chi connectivity index (χ1) is 18.0. The van der Waals surface area contributed by atoms with Gasteiger partial charge in [-0.05, 0) is 60.5 Å². The number of carboxylic acids is 2. The van der Waals surface area contributed by atoms with Crippen LogP contribution in [0.25, 0.3) is 22.4 Å². The number of fused-ring (bicyclic) bond motifs is 1. The molecule has 7 N–H and O–H groups in total. The van der Waals surface area contributed by atoms with Crippen molar-refractivity contribution in [1.29, 1.82) is 5.41 Å². The van der Waals surface area contributed by atoms with Crippen LogP contribution in [0.2, 0.25) is 0 Å². The Labute approximate surface area is 216 Å². The highest BCUT2D eigenvalue weighted by atomic mass is 16.4. The number of aromatic amines is 1. The van der Waals surface area contributed by atoms with Crippen LogP contribution in [-0.2, 0) is 14.4 Å². The fraction of sp³-hybridized carbons (Fsp3) is 0.148. The number of phenols is 1. The second-order valence-corrected chi connectivity index (χ2v) is 8.85. The zero-order chi connectivity index (χ0) is 27.7. The average molecular weight is 516 g/mol. The number of nitrogens with two attached hydrogens (primary N) is 1. The number of aliphatic carboxylic acids is 2. The molecule has 11 nitrogen and oxygen atoms in total. The first-order valence-electron chi connectivity index (χ1n) is 11.5. The Kier molecular flexibility index (Phi) is 6.85. The molecule has 0 aliphatic rings. The number of amides is 1. The van der Waals surface area contributed by atoms with Crippen molar-refractivity contribution in [2.45, 2.75) is 26.2 Å². The Morgan fingerprint density at radius 1 is 1.11 bits per heavy atom. The summed E-state index contributed by atoms with van der Waals surface area (Å²) in [5.74, 6) is -5.00. The number of rotatable bonds is 8. The van der Waals surface area contributed by atoms with Gasteiger partial charge in [-0.2, -0.15) is 0 Å². The van der Waals surface area contributed by atoms with Gasteiger partial charge >= 0.3 is 11.9 Å². The molecule has 4 rings (SSSR count). The number of anilines is 2. The highest BCUT2D eigenvalue weighted by molar-refractivity contribution is 6.03. The molecule has 0 aliphatic carbocycles. The number of nitrogens with one attached hydrogen (secondary N) is 2. The molecule has 4 aromatic rings. The van der Waals surface area contributed by atoms with Gasteiger partial charge in [-0.25, -0.2) is 4.98 Å². The molecule has 1 unspecified atom stereocenters. The van der Waals surface area contributed by atoms with Gasteiger partial charge in [0.05, 0.1) is 34.6 Å². The number of imidazole rings is 1. The molecule has 0 fully saturated rings. The number of carbonyl (C=O) groups is 3. The number of carboxylic acid groups (broad SMARTS) is 2. The summed E-state index contributed by atoms with van der Waals surface area (Å²) < 4.78 is 0. The van der Waals surface area contributed by atoms with Crippen molar-refractivity contribution in [3.8, 4) is 17.1 Å². The SMILES string of the molecule is CC(=O)N(c1cccc(C)c1)c1cc(C(CC(=O)O)C(=O)O)cc(-c2nc3ccc(C(=N)N)cc3[nH]2)c1O. The summed E-state index contributed by atoms with van der Waals surface area (Å²) in [7, 11) is 0. The number of nitrogens with zero attached hydrogens (tertiary/aromatic N) is 2. The van der Waals surface area contributed by atoms with Gasteiger partial charge in [-0.3, -0.25) is 24.7 Å². The number of carbonyl (C=O) groups excluding carboxylic acids is 1. The van der Waals surface area contributed by atoms with E-state index < -0.39 is 30.2 Å². The third kappa shape index (κ3) is 5.03. The lowest BCUT2D eigenvalue weighted by Crippen LogP contribution is -2.24. The molecular formula is C27H25N5O6. The van der Waals surface area contributed by atoms with Gasteiger partial charge in [0.2, 0.25) is 5.91 Å². The summed E-state index contributed by atoms with van der Waals surface area (Å²) in [6, 6.07) is 14.5. The Hall–Kier alpha value is -5.19. The highest BCUT2D eigenvalue weighted by Gasteiger charge is 2.29. The minimum absolute atomic E-state index is 0.0304. The van der Waals surface area contributed by atoms with Crippen molar-refractivity contribution in [3.05, 3.63) is 71.3 Å². The third-order valence-electron chi connectivity index (χ3n) is 6.05. The molecular weight excluding hydrogens is 490 g/mol. The first kappa shape index (κ1) is 25.9. The lowest BCUT2D eigenvalue weighted by Gasteiger charge is -2.25. The molecule has 11 heteroatoms. The molecule has 0 saturated carbocycles. The standard InChI is InChI=1S/C27H25N5O6/c1-13-4-3-5-17(8-13)32(14(2)33)22-11-16(18(27(37)38)12-23(34)35)9-19(24(22)36)26-30-20-7-6-15(25(28)29)10-21(20)31-26/h3-11,18,36H,12H2,1-2H3,(H3,28,29)(H,30,31)(H,34,35)(H,37,38). The molecule has 3 aromatic carbocycles. The second-order valence-electron chi connectivity index (χ2n) is 8.85. The van der Waals surface area contributed by atoms with Crippen molar-refractivity contribution in [2.24, 2.45) is 5.73 Å². The maximum atomic E-state index is 12.8. The highest BCUT2D eigenvalue weighted by Crippen LogP contribution is 2.43. The molecule has 0 spiro atoms. The molecule has 0 aliphatic heterocycles. The monoisotopic (exact) mass is 515 g/mol. The van der Waals surface area contributed by atoms with E-state index in [1.807, 2.05) is 13.0 Å². The van der Waals surface area contributed by atoms with Gasteiger partial charge in [0, 0.05) is 18.2 Å². The number of amidine groups is 1. The van der Waals surface area contributed by atoms with Crippen LogP contribution < -0.4 is 10.6 Å². The van der Waals surface area contributed by atoms with E-state index in [1.165, 1.54) is 24.0 Å². The van der Waals surface area contributed by atoms with Gasteiger partial charge < -0.3 is 26.0 Å². The molecule has 1 aromatic heterocycles. The fourth-order valence-electron chi connectivity index (χ4n) is 4.28. The number of hydrogen-bond donors (Lipinski definition) is 6. The summed E-state index contributed by atoms with van der Waals surface area (Å²) in [5.41, 5.74) is 8.38. The minimum Gasteiger partial charge on any atom is -0.505 e. The summed E-state index contributed by atoms with van der Waals surface area (Å²) in [5, 5.41) is 38.3. The topological polar surface area (TPSA) is 194 Å². The summed E-state index contributed by atoms with van der Waals surface area (Å²) >= 11 is 0. The lowest BCUT2D eigenvalue weighted by atomic mass is 9.92. The lowest BCUT2D eigenvalue weighted by molar-refractivity contribution is -0.145. The number of nitrogen functional groups attached to an aromatic ring is 1. The third-order valence-corrected chi connectivity index (χ3v) is 6.05. The maximum Gasteiger partial charge on any atom is 0.311 e. The number of aryl methyl sites for hydroxylation is 1. The van der Waals surface area contributed by atoms with Gasteiger partial charge in [0.1, 0.15) is 11.7 Å². The summed E-state index contributed by atoms with van der Waals surface area (Å²) in [6.07, 6.45) is -0.717. The van der Waals surface area contributed by atoms with E-state index in [0.717, 1.165) is 5.56 Å². The fourth-order valence-corrected chi connectivity index (χ4v) is 4.28. The number of H-pyrrole nitrogens is 1. The van der Waals surface area contributed by atoms with E-state index in [-0.39, 0.29) is 34.2 Å². The zero-order valence-electron chi connectivity index (χ0n) is 20.5. The van der Waals surface area contributed by atoms with Crippen molar-refractivity contribution >= 4 is 46.1 Å². The summed E-state index contributed by atoms with van der Waals surface area (Å²) in [4.78, 5) is 45.1. The van der Waals surface area contributed by atoms with Crippen molar-refractivity contribution in [1.82, 2.24) is 9.97 Å². The predicted molar refractivity (Wildman–Crippen MR) is 141 cm³/mol. The Balaban J connectivity index is 2.00. The average Bonchev–Trinajstić information content (AvgIpc) is 3.26. The second kappa shape index (κ2) is 10.1. The van der Waals surface area contributed by atoms with Crippen molar-refractivity contribution < 1.29 is 29.7 Å². The Morgan fingerprint density at radius 3 is 2.45 bits per heavy atom. The van der Waals surface area contributed by atoms with Crippen LogP contribution in [0.3, 0.4) is 0 Å². The van der Waals surface area contributed by atoms with Gasteiger partial charge in [0.25, 0.3) is 0 Å². The van der Waals surface area contributed by atoms with Crippen LogP contribution in [0.4, 0.5) is 11.4 Å². The number of aromatic hydroxyl groups is 1. The molecule has 194 valence electrons. The largest absolute Gasteiger partial charge is 0.505 e. The van der Waals surface area contributed by atoms with Gasteiger partial charge in [0.15, 0.2) is 5.75 Å². The van der Waals surface area contributed by atoms with E-state index in [9.17, 15) is 29.7 Å². The zero-order valence-corrected chi connectivity index (χ0v) is 20.5. The molecule has 0 bridgehead atoms. The van der Waals surface area contributed by atoms with Crippen LogP contribution >= 0.6 is 0 Å². The first-order valence-corrected chi connectivity index (χ1v) is 11.5. The van der Waals surface area contributed by atoms with Crippen LogP contribution in [-0.4, -0.2) is 49.0 Å². The maximum absolute atomic E-state index is 12.8. The molecule has 1 atom stereocenters. The number of aromatic nitrogens is 2. The molecule has 0 saturated heterocycles. The van der Waals surface area contributed by atoms with Crippen molar-refractivity contribution in [2.75, 3.05) is 4.90 Å². The van der Waals surface area contributed by atoms with Crippen LogP contribution in [0.15, 0.2) is 54.6 Å². The Bertz CT molecular complexity index is 1610. The molecule has 0 radical (unpaired) electrons. The normalized spacial score (nSPS) is 11.7. The van der Waals surface area contributed by atoms with E-state index in [2.05, 4.69) is 9.97 Å². The van der Waals surface area contributed by atoms with Crippen LogP contribution in [0, 0.1) is 12.3 Å². The predicted octanol–water partition coefficient (Wildman–Crippen LogP) is 3.86. The van der Waals surface area contributed by atoms with E-state index >= 15 is 0 Å². The van der Waals surface area contributed by atoms with E-state index in [0.29, 0.717) is 22.3 Å². The molecule has 1 heterocycles. The van der Waals surface area contributed by atoms with Gasteiger partial charge in [-0.15, -0.1) is 0 Å². The van der Waals surface area contributed by atoms with E-state index in [4.69, 9.17) is 11.1 Å². The Morgan fingerprint density at radius 2 is 1.84 bits per heavy atom. The number of benzene rings is 3. The quantitative estimate of drug-likeness (QED) is 0.150. The van der Waals surface area contributed by atoms with E-state index in [1.54, 1.807) is 36.4 Å². The van der Waals surface area contributed by atoms with Gasteiger partial charge in [-0.1, -0.05) is 12.1 Å². The van der Waals surface area contributed by atoms with Crippen LogP contribution in [0.1, 0.15) is 36.0 Å². The smallest absolute Gasteiger partial charge is 0.311 e. The summed E-state index contributed by atoms with van der Waals surface area (Å²) in [6.45, 7) is 3.13. The number of hydrogen-bond acceptors (Lipinski definition) is 6. The van der Waals surface area contributed by atoms with Crippen LogP contribution in [0.5, 0.6) is 5.75 Å². The number of phenolic OH excluding ortho intramolecular Hbond substituents is 1. The van der Waals surface area contributed by atoms with Crippen molar-refractivity contribution in [3.63, 3.8) is 0 Å². The minimum atomic E-state index is -1.47. The molecule has 38 heavy (non-hydrogen) atoms. The molecule has 1 amide bonds.